The average Bonchev–Trinajstić information content (AvgIpc) is 2.80. The number of nitrogens with zero attached hydrogens (tertiary/aromatic N) is 2. The molecule has 1 fully saturated rings. The second-order valence-electron chi connectivity index (χ2n) is 7.83. The molecule has 0 bridgehead atoms. The van der Waals surface area contributed by atoms with Crippen LogP contribution in [0, 0.1) is 0 Å². The van der Waals surface area contributed by atoms with Gasteiger partial charge in [-0.1, -0.05) is 36.4 Å². The van der Waals surface area contributed by atoms with Crippen LogP contribution >= 0.6 is 0 Å². The number of alkyl halides is 3. The summed E-state index contributed by atoms with van der Waals surface area (Å²) in [5.74, 6) is 0.618. The van der Waals surface area contributed by atoms with Crippen molar-refractivity contribution in [1.82, 2.24) is 9.80 Å². The zero-order chi connectivity index (χ0) is 23.3. The molecule has 1 aliphatic heterocycles. The molecule has 0 unspecified atom stereocenters. The van der Waals surface area contributed by atoms with Gasteiger partial charge in [0, 0.05) is 38.4 Å². The number of anilines is 1. The summed E-state index contributed by atoms with van der Waals surface area (Å²) < 4.78 is 44.5. The van der Waals surface area contributed by atoms with E-state index in [4.69, 9.17) is 4.74 Å². The van der Waals surface area contributed by atoms with Crippen molar-refractivity contribution < 1.29 is 22.7 Å². The van der Waals surface area contributed by atoms with Gasteiger partial charge >= 0.3 is 12.2 Å². The number of para-hydroxylation sites is 1. The van der Waals surface area contributed by atoms with Gasteiger partial charge < -0.3 is 15.0 Å². The second-order valence-corrected chi connectivity index (χ2v) is 7.83. The van der Waals surface area contributed by atoms with Crippen molar-refractivity contribution >= 4 is 11.7 Å². The van der Waals surface area contributed by atoms with Gasteiger partial charge in [0.1, 0.15) is 11.5 Å². The summed E-state index contributed by atoms with van der Waals surface area (Å²) in [5.41, 5.74) is 1.01. The molecule has 3 aromatic rings. The SMILES string of the molecule is O=C(Nc1ccccc1)N1CCN(Cc2cccc(Oc3cccc(C(F)(F)F)c3)c2)CC1. The molecule has 1 heterocycles. The minimum atomic E-state index is -4.42. The van der Waals surface area contributed by atoms with E-state index in [1.165, 1.54) is 12.1 Å². The van der Waals surface area contributed by atoms with E-state index in [0.29, 0.717) is 25.4 Å². The van der Waals surface area contributed by atoms with E-state index >= 15 is 0 Å². The number of ether oxygens (including phenoxy) is 1. The van der Waals surface area contributed by atoms with Crippen molar-refractivity contribution in [1.29, 1.82) is 0 Å². The Morgan fingerprint density at radius 2 is 1.52 bits per heavy atom. The molecule has 3 aromatic carbocycles. The van der Waals surface area contributed by atoms with Gasteiger partial charge in [-0.05, 0) is 48.0 Å². The van der Waals surface area contributed by atoms with Crippen LogP contribution < -0.4 is 10.1 Å². The molecule has 8 heteroatoms. The third-order valence-corrected chi connectivity index (χ3v) is 5.39. The van der Waals surface area contributed by atoms with Crippen LogP contribution in [0.1, 0.15) is 11.1 Å². The monoisotopic (exact) mass is 455 g/mol. The Balaban J connectivity index is 1.31. The van der Waals surface area contributed by atoms with E-state index in [-0.39, 0.29) is 11.8 Å². The maximum absolute atomic E-state index is 12.9. The van der Waals surface area contributed by atoms with Crippen LogP contribution in [-0.2, 0) is 12.7 Å². The zero-order valence-corrected chi connectivity index (χ0v) is 17.9. The highest BCUT2D eigenvalue weighted by molar-refractivity contribution is 5.89. The van der Waals surface area contributed by atoms with E-state index in [1.54, 1.807) is 11.0 Å². The van der Waals surface area contributed by atoms with Crippen molar-refractivity contribution in [2.45, 2.75) is 12.7 Å². The van der Waals surface area contributed by atoms with Crippen molar-refractivity contribution in [2.75, 3.05) is 31.5 Å². The molecule has 0 radical (unpaired) electrons. The topological polar surface area (TPSA) is 44.8 Å². The smallest absolute Gasteiger partial charge is 0.416 e. The molecule has 172 valence electrons. The number of benzene rings is 3. The van der Waals surface area contributed by atoms with E-state index in [0.717, 1.165) is 36.5 Å². The van der Waals surface area contributed by atoms with Gasteiger partial charge in [0.25, 0.3) is 0 Å². The molecule has 33 heavy (non-hydrogen) atoms. The van der Waals surface area contributed by atoms with Crippen molar-refractivity contribution in [3.05, 3.63) is 90.0 Å². The Morgan fingerprint density at radius 1 is 0.848 bits per heavy atom. The van der Waals surface area contributed by atoms with Crippen LogP contribution in [0.25, 0.3) is 0 Å². The molecule has 2 amide bonds. The number of urea groups is 1. The number of hydrogen-bond donors (Lipinski definition) is 1. The fraction of sp³-hybridized carbons (Fsp3) is 0.240. The van der Waals surface area contributed by atoms with Gasteiger partial charge in [-0.2, -0.15) is 13.2 Å². The molecular formula is C25H24F3N3O2. The minimum absolute atomic E-state index is 0.114. The molecule has 0 spiro atoms. The van der Waals surface area contributed by atoms with Gasteiger partial charge in [0.15, 0.2) is 0 Å². The Kier molecular flexibility index (Phi) is 6.84. The lowest BCUT2D eigenvalue weighted by molar-refractivity contribution is -0.137. The number of piperazine rings is 1. The largest absolute Gasteiger partial charge is 0.457 e. The fourth-order valence-electron chi connectivity index (χ4n) is 3.67. The van der Waals surface area contributed by atoms with E-state index in [1.807, 2.05) is 48.5 Å². The number of halogens is 3. The van der Waals surface area contributed by atoms with Gasteiger partial charge in [0.05, 0.1) is 5.56 Å². The van der Waals surface area contributed by atoms with Crippen LogP contribution in [0.2, 0.25) is 0 Å². The summed E-state index contributed by atoms with van der Waals surface area (Å²) >= 11 is 0. The third kappa shape index (κ3) is 6.26. The summed E-state index contributed by atoms with van der Waals surface area (Å²) in [6.45, 7) is 3.33. The van der Waals surface area contributed by atoms with Gasteiger partial charge in [-0.3, -0.25) is 4.90 Å². The number of hydrogen-bond acceptors (Lipinski definition) is 3. The first kappa shape index (κ1) is 22.7. The molecule has 5 nitrogen and oxygen atoms in total. The molecule has 0 atom stereocenters. The Labute approximate surface area is 190 Å². The predicted molar refractivity (Wildman–Crippen MR) is 120 cm³/mol. The van der Waals surface area contributed by atoms with E-state index < -0.39 is 11.7 Å². The van der Waals surface area contributed by atoms with Crippen molar-refractivity contribution in [2.24, 2.45) is 0 Å². The van der Waals surface area contributed by atoms with E-state index in [2.05, 4.69) is 10.2 Å². The van der Waals surface area contributed by atoms with Crippen LogP contribution in [0.4, 0.5) is 23.7 Å². The minimum Gasteiger partial charge on any atom is -0.457 e. The Bertz CT molecular complexity index is 1080. The summed E-state index contributed by atoms with van der Waals surface area (Å²) in [6, 6.07) is 21.4. The maximum Gasteiger partial charge on any atom is 0.416 e. The second kappa shape index (κ2) is 9.95. The number of nitrogens with one attached hydrogen (secondary N) is 1. The zero-order valence-electron chi connectivity index (χ0n) is 17.9. The van der Waals surface area contributed by atoms with Gasteiger partial charge in [-0.15, -0.1) is 0 Å². The molecule has 0 saturated carbocycles. The maximum atomic E-state index is 12.9. The summed E-state index contributed by atoms with van der Waals surface area (Å²) in [6.07, 6.45) is -4.42. The van der Waals surface area contributed by atoms with Crippen LogP contribution in [0.5, 0.6) is 11.5 Å². The number of carbonyl (C=O) groups is 1. The molecule has 1 N–H and O–H groups in total. The quantitative estimate of drug-likeness (QED) is 0.525. The normalized spacial score (nSPS) is 14.7. The van der Waals surface area contributed by atoms with Crippen LogP contribution in [0.15, 0.2) is 78.9 Å². The number of rotatable bonds is 5. The Hall–Kier alpha value is -3.52. The van der Waals surface area contributed by atoms with Crippen LogP contribution in [-0.4, -0.2) is 42.0 Å². The molecule has 1 aliphatic rings. The third-order valence-electron chi connectivity index (χ3n) is 5.39. The molecule has 0 aromatic heterocycles. The van der Waals surface area contributed by atoms with Crippen molar-refractivity contribution in [3.8, 4) is 11.5 Å². The molecule has 1 saturated heterocycles. The molecular weight excluding hydrogens is 431 g/mol. The average molecular weight is 455 g/mol. The Morgan fingerprint density at radius 3 is 2.21 bits per heavy atom. The van der Waals surface area contributed by atoms with Gasteiger partial charge in [-0.25, -0.2) is 4.79 Å². The molecule has 4 rings (SSSR count). The van der Waals surface area contributed by atoms with Crippen molar-refractivity contribution in [3.63, 3.8) is 0 Å². The lowest BCUT2D eigenvalue weighted by atomic mass is 10.2. The first-order valence-electron chi connectivity index (χ1n) is 10.6. The standard InChI is InChI=1S/C25H24F3N3O2/c26-25(27,28)20-7-5-11-23(17-20)33-22-10-4-6-19(16-22)18-30-12-14-31(15-13-30)24(32)29-21-8-2-1-3-9-21/h1-11,16-17H,12-15,18H2,(H,29,32). The number of carbonyl (C=O) groups excluding carboxylic acids is 1. The summed E-state index contributed by atoms with van der Waals surface area (Å²) in [4.78, 5) is 16.5. The summed E-state index contributed by atoms with van der Waals surface area (Å²) in [7, 11) is 0. The highest BCUT2D eigenvalue weighted by Crippen LogP contribution is 2.32. The number of amides is 2. The summed E-state index contributed by atoms with van der Waals surface area (Å²) in [5, 5.41) is 2.90. The highest BCUT2D eigenvalue weighted by atomic mass is 19.4. The predicted octanol–water partition coefficient (Wildman–Crippen LogP) is 5.85. The fourth-order valence-corrected chi connectivity index (χ4v) is 3.67. The van der Waals surface area contributed by atoms with Gasteiger partial charge in [0.2, 0.25) is 0 Å². The lowest BCUT2D eigenvalue weighted by Gasteiger charge is -2.34. The van der Waals surface area contributed by atoms with Crippen LogP contribution in [0.3, 0.4) is 0 Å². The first-order valence-corrected chi connectivity index (χ1v) is 10.6. The first-order chi connectivity index (χ1) is 15.9. The van der Waals surface area contributed by atoms with E-state index in [9.17, 15) is 18.0 Å². The lowest BCUT2D eigenvalue weighted by Crippen LogP contribution is -2.49. The highest BCUT2D eigenvalue weighted by Gasteiger charge is 2.30. The molecule has 0 aliphatic carbocycles.